The smallest absolute Gasteiger partial charge is 0.0534 e. The fourth-order valence-electron chi connectivity index (χ4n) is 1.76. The van der Waals surface area contributed by atoms with E-state index in [1.54, 1.807) is 0 Å². The largest absolute Gasteiger partial charge is 0.320 e. The summed E-state index contributed by atoms with van der Waals surface area (Å²) in [5, 5.41) is 7.50. The average molecular weight is 224 g/mol. The molecule has 1 aromatic heterocycles. The molecule has 1 aromatic rings. The van der Waals surface area contributed by atoms with Crippen LogP contribution in [0.3, 0.4) is 0 Å². The third kappa shape index (κ3) is 4.77. The van der Waals surface area contributed by atoms with Gasteiger partial charge in [-0.05, 0) is 40.0 Å². The standard InChI is InChI=1S/C12H24N4/c1-4-7-16-11-12(9-14-16)10-15(3)8-5-6-13-2/h9,11,13H,4-8,10H2,1-3H3. The molecule has 0 spiro atoms. The van der Waals surface area contributed by atoms with Gasteiger partial charge in [0.15, 0.2) is 0 Å². The van der Waals surface area contributed by atoms with Crippen molar-refractivity contribution in [3.8, 4) is 0 Å². The van der Waals surface area contributed by atoms with Crippen LogP contribution in [0.2, 0.25) is 0 Å². The highest BCUT2D eigenvalue weighted by Crippen LogP contribution is 2.03. The summed E-state index contributed by atoms with van der Waals surface area (Å²) in [6.07, 6.45) is 6.46. The molecule has 0 unspecified atom stereocenters. The maximum atomic E-state index is 4.33. The van der Waals surface area contributed by atoms with Crippen molar-refractivity contribution in [3.63, 3.8) is 0 Å². The predicted molar refractivity (Wildman–Crippen MR) is 67.4 cm³/mol. The van der Waals surface area contributed by atoms with Gasteiger partial charge in [-0.25, -0.2) is 0 Å². The normalized spacial score (nSPS) is 11.2. The van der Waals surface area contributed by atoms with E-state index < -0.39 is 0 Å². The van der Waals surface area contributed by atoms with Crippen molar-refractivity contribution in [2.45, 2.75) is 32.9 Å². The van der Waals surface area contributed by atoms with Gasteiger partial charge in [0.1, 0.15) is 0 Å². The molecule has 0 fully saturated rings. The van der Waals surface area contributed by atoms with Crippen molar-refractivity contribution in [1.29, 1.82) is 0 Å². The highest BCUT2D eigenvalue weighted by molar-refractivity contribution is 5.03. The van der Waals surface area contributed by atoms with Gasteiger partial charge in [-0.2, -0.15) is 5.10 Å². The van der Waals surface area contributed by atoms with Gasteiger partial charge in [-0.1, -0.05) is 6.92 Å². The number of nitrogens with zero attached hydrogens (tertiary/aromatic N) is 3. The Kier molecular flexibility index (Phi) is 6.11. The number of hydrogen-bond acceptors (Lipinski definition) is 3. The quantitative estimate of drug-likeness (QED) is 0.676. The van der Waals surface area contributed by atoms with E-state index in [2.05, 4.69) is 35.5 Å². The minimum Gasteiger partial charge on any atom is -0.320 e. The second-order valence-electron chi connectivity index (χ2n) is 4.31. The zero-order chi connectivity index (χ0) is 11.8. The molecule has 0 saturated heterocycles. The van der Waals surface area contributed by atoms with Crippen LogP contribution < -0.4 is 5.32 Å². The number of aromatic nitrogens is 2. The number of rotatable bonds is 8. The Balaban J connectivity index is 2.28. The van der Waals surface area contributed by atoms with Gasteiger partial charge in [0, 0.05) is 24.8 Å². The molecule has 1 N–H and O–H groups in total. The van der Waals surface area contributed by atoms with E-state index in [0.717, 1.165) is 32.6 Å². The lowest BCUT2D eigenvalue weighted by Crippen LogP contribution is -2.22. The molecule has 1 rings (SSSR count). The molecule has 0 aromatic carbocycles. The van der Waals surface area contributed by atoms with E-state index >= 15 is 0 Å². The summed E-state index contributed by atoms with van der Waals surface area (Å²) < 4.78 is 2.02. The Morgan fingerprint density at radius 2 is 2.31 bits per heavy atom. The van der Waals surface area contributed by atoms with Crippen LogP contribution in [0.25, 0.3) is 0 Å². The van der Waals surface area contributed by atoms with Crippen LogP contribution in [-0.2, 0) is 13.1 Å². The van der Waals surface area contributed by atoms with Crippen molar-refractivity contribution in [3.05, 3.63) is 18.0 Å². The number of nitrogens with one attached hydrogen (secondary N) is 1. The van der Waals surface area contributed by atoms with Crippen LogP contribution in [0.4, 0.5) is 0 Å². The van der Waals surface area contributed by atoms with Crippen LogP contribution in [0, 0.1) is 0 Å². The first kappa shape index (κ1) is 13.2. The van der Waals surface area contributed by atoms with Crippen LogP contribution in [-0.4, -0.2) is 41.9 Å². The van der Waals surface area contributed by atoms with Gasteiger partial charge in [0.05, 0.1) is 6.20 Å². The Bertz CT molecular complexity index is 282. The van der Waals surface area contributed by atoms with Crippen LogP contribution in [0.15, 0.2) is 12.4 Å². The summed E-state index contributed by atoms with van der Waals surface area (Å²) in [6, 6.07) is 0. The first-order valence-electron chi connectivity index (χ1n) is 6.10. The van der Waals surface area contributed by atoms with Crippen LogP contribution in [0.5, 0.6) is 0 Å². The molecule has 16 heavy (non-hydrogen) atoms. The number of aryl methyl sites for hydroxylation is 1. The first-order valence-corrected chi connectivity index (χ1v) is 6.10. The Morgan fingerprint density at radius 3 is 3.00 bits per heavy atom. The summed E-state index contributed by atoms with van der Waals surface area (Å²) in [5.41, 5.74) is 1.31. The van der Waals surface area contributed by atoms with Gasteiger partial charge < -0.3 is 10.2 Å². The Morgan fingerprint density at radius 1 is 1.50 bits per heavy atom. The molecule has 4 nitrogen and oxygen atoms in total. The highest BCUT2D eigenvalue weighted by Gasteiger charge is 2.02. The SMILES string of the molecule is CCCn1cc(CN(C)CCCNC)cn1. The van der Waals surface area contributed by atoms with E-state index in [9.17, 15) is 0 Å². The molecule has 1 heterocycles. The maximum absolute atomic E-state index is 4.33. The molecule has 0 aliphatic heterocycles. The second-order valence-corrected chi connectivity index (χ2v) is 4.31. The molecule has 0 bridgehead atoms. The van der Waals surface area contributed by atoms with E-state index in [1.165, 1.54) is 12.0 Å². The summed E-state index contributed by atoms with van der Waals surface area (Å²) in [5.74, 6) is 0. The van der Waals surface area contributed by atoms with Crippen LogP contribution >= 0.6 is 0 Å². The highest BCUT2D eigenvalue weighted by atomic mass is 15.3. The fourth-order valence-corrected chi connectivity index (χ4v) is 1.76. The lowest BCUT2D eigenvalue weighted by atomic mass is 10.3. The third-order valence-electron chi connectivity index (χ3n) is 2.56. The summed E-state index contributed by atoms with van der Waals surface area (Å²) in [6.45, 7) is 6.39. The first-order chi connectivity index (χ1) is 7.76. The predicted octanol–water partition coefficient (Wildman–Crippen LogP) is 1.33. The van der Waals surface area contributed by atoms with Gasteiger partial charge in [0.2, 0.25) is 0 Å². The molecule has 0 saturated carbocycles. The molecule has 0 aliphatic rings. The van der Waals surface area contributed by atoms with E-state index in [-0.39, 0.29) is 0 Å². The van der Waals surface area contributed by atoms with Crippen LogP contribution in [0.1, 0.15) is 25.3 Å². The summed E-state index contributed by atoms with van der Waals surface area (Å²) in [7, 11) is 4.15. The average Bonchev–Trinajstić information content (AvgIpc) is 2.66. The molecule has 0 amide bonds. The minimum atomic E-state index is 0.993. The molecular weight excluding hydrogens is 200 g/mol. The lowest BCUT2D eigenvalue weighted by molar-refractivity contribution is 0.321. The zero-order valence-corrected chi connectivity index (χ0v) is 10.7. The number of hydrogen-bond donors (Lipinski definition) is 1. The van der Waals surface area contributed by atoms with Gasteiger partial charge in [-0.15, -0.1) is 0 Å². The molecular formula is C12H24N4. The van der Waals surface area contributed by atoms with E-state index in [1.807, 2.05) is 17.9 Å². The minimum absolute atomic E-state index is 0.993. The van der Waals surface area contributed by atoms with E-state index in [0.29, 0.717) is 0 Å². The monoisotopic (exact) mass is 224 g/mol. The second kappa shape index (κ2) is 7.41. The van der Waals surface area contributed by atoms with Crippen molar-refractivity contribution >= 4 is 0 Å². The molecule has 4 heteroatoms. The van der Waals surface area contributed by atoms with E-state index in [4.69, 9.17) is 0 Å². The van der Waals surface area contributed by atoms with Gasteiger partial charge in [-0.3, -0.25) is 4.68 Å². The van der Waals surface area contributed by atoms with Crippen molar-refractivity contribution in [1.82, 2.24) is 20.0 Å². The Hall–Kier alpha value is -0.870. The van der Waals surface area contributed by atoms with Crippen molar-refractivity contribution in [2.24, 2.45) is 0 Å². The topological polar surface area (TPSA) is 33.1 Å². The van der Waals surface area contributed by atoms with Crippen molar-refractivity contribution in [2.75, 3.05) is 27.2 Å². The summed E-state index contributed by atoms with van der Waals surface area (Å²) >= 11 is 0. The molecule has 0 radical (unpaired) electrons. The summed E-state index contributed by atoms with van der Waals surface area (Å²) in [4.78, 5) is 2.34. The fraction of sp³-hybridized carbons (Fsp3) is 0.750. The Labute approximate surface area is 98.6 Å². The molecule has 0 aliphatic carbocycles. The van der Waals surface area contributed by atoms with Gasteiger partial charge >= 0.3 is 0 Å². The molecule has 92 valence electrons. The third-order valence-corrected chi connectivity index (χ3v) is 2.56. The zero-order valence-electron chi connectivity index (χ0n) is 10.7. The molecule has 0 atom stereocenters. The lowest BCUT2D eigenvalue weighted by Gasteiger charge is -2.14. The maximum Gasteiger partial charge on any atom is 0.0534 e. The van der Waals surface area contributed by atoms with Crippen molar-refractivity contribution < 1.29 is 0 Å². The van der Waals surface area contributed by atoms with Gasteiger partial charge in [0.25, 0.3) is 0 Å².